The smallest absolute Gasteiger partial charge is 0.204 e. The third kappa shape index (κ3) is 1.92. The van der Waals surface area contributed by atoms with Gasteiger partial charge in [-0.1, -0.05) is 18.2 Å². The molecule has 0 amide bonds. The van der Waals surface area contributed by atoms with Crippen molar-refractivity contribution in [2.45, 2.75) is 6.54 Å². The monoisotopic (exact) mass is 217 g/mol. The molecule has 1 aromatic carbocycles. The van der Waals surface area contributed by atoms with Crippen molar-refractivity contribution in [3.63, 3.8) is 0 Å². The van der Waals surface area contributed by atoms with Crippen LogP contribution in [-0.4, -0.2) is 27.8 Å². The second kappa shape index (κ2) is 4.81. The molecule has 0 unspecified atom stereocenters. The molecule has 2 aromatic rings. The zero-order chi connectivity index (χ0) is 11.4. The van der Waals surface area contributed by atoms with Gasteiger partial charge in [0.25, 0.3) is 0 Å². The molecule has 0 aliphatic heterocycles. The van der Waals surface area contributed by atoms with Gasteiger partial charge in [-0.15, -0.1) is 6.58 Å². The molecular weight excluding hydrogens is 202 g/mol. The highest BCUT2D eigenvalue weighted by Crippen LogP contribution is 2.19. The van der Waals surface area contributed by atoms with Crippen LogP contribution in [0.25, 0.3) is 11.0 Å². The van der Waals surface area contributed by atoms with Crippen molar-refractivity contribution in [2.75, 3.05) is 18.5 Å². The minimum Gasteiger partial charge on any atom is -0.395 e. The minimum atomic E-state index is 0.0945. The summed E-state index contributed by atoms with van der Waals surface area (Å²) in [5, 5.41) is 11.9. The highest BCUT2D eigenvalue weighted by Gasteiger charge is 2.07. The van der Waals surface area contributed by atoms with E-state index in [1.807, 2.05) is 34.9 Å². The zero-order valence-corrected chi connectivity index (χ0v) is 9.06. The van der Waals surface area contributed by atoms with E-state index in [1.165, 1.54) is 0 Å². The fraction of sp³-hybridized carbons (Fsp3) is 0.250. The Morgan fingerprint density at radius 2 is 2.25 bits per heavy atom. The summed E-state index contributed by atoms with van der Waals surface area (Å²) in [6, 6.07) is 7.94. The number of para-hydroxylation sites is 2. The van der Waals surface area contributed by atoms with Crippen LogP contribution in [0.2, 0.25) is 0 Å². The topological polar surface area (TPSA) is 50.1 Å². The summed E-state index contributed by atoms with van der Waals surface area (Å²) in [5.74, 6) is 0.773. The summed E-state index contributed by atoms with van der Waals surface area (Å²) in [7, 11) is 0. The van der Waals surface area contributed by atoms with E-state index >= 15 is 0 Å². The van der Waals surface area contributed by atoms with Gasteiger partial charge in [0.05, 0.1) is 17.6 Å². The summed E-state index contributed by atoms with van der Waals surface area (Å²) in [6.45, 7) is 5.04. The first-order valence-corrected chi connectivity index (χ1v) is 5.27. The fourth-order valence-electron chi connectivity index (χ4n) is 1.69. The van der Waals surface area contributed by atoms with E-state index in [2.05, 4.69) is 16.9 Å². The van der Waals surface area contributed by atoms with Crippen LogP contribution in [-0.2, 0) is 6.54 Å². The van der Waals surface area contributed by atoms with Crippen LogP contribution in [0.4, 0.5) is 5.95 Å². The first-order chi connectivity index (χ1) is 7.86. The standard InChI is InChI=1S/C12H15N3O/c1-2-8-15-11-6-4-3-5-10(11)14-12(15)13-7-9-16/h2-6,16H,1,7-9H2,(H,13,14). The second-order valence-electron chi connectivity index (χ2n) is 3.47. The Bertz CT molecular complexity index is 490. The first kappa shape index (κ1) is 10.7. The van der Waals surface area contributed by atoms with Crippen LogP contribution >= 0.6 is 0 Å². The first-order valence-electron chi connectivity index (χ1n) is 5.27. The Kier molecular flexibility index (Phi) is 3.22. The molecule has 0 bridgehead atoms. The van der Waals surface area contributed by atoms with Gasteiger partial charge in [0.1, 0.15) is 0 Å². The minimum absolute atomic E-state index is 0.0945. The molecule has 84 valence electrons. The molecule has 2 rings (SSSR count). The maximum atomic E-state index is 8.80. The Hall–Kier alpha value is -1.81. The quantitative estimate of drug-likeness (QED) is 0.748. The molecule has 16 heavy (non-hydrogen) atoms. The molecule has 0 saturated carbocycles. The van der Waals surface area contributed by atoms with E-state index in [0.717, 1.165) is 17.0 Å². The van der Waals surface area contributed by atoms with Crippen LogP contribution in [0.15, 0.2) is 36.9 Å². The number of benzene rings is 1. The average molecular weight is 217 g/mol. The van der Waals surface area contributed by atoms with E-state index < -0.39 is 0 Å². The molecule has 0 spiro atoms. The molecule has 1 aromatic heterocycles. The molecule has 2 N–H and O–H groups in total. The van der Waals surface area contributed by atoms with Gasteiger partial charge < -0.3 is 15.0 Å². The third-order valence-electron chi connectivity index (χ3n) is 2.36. The number of aromatic nitrogens is 2. The van der Waals surface area contributed by atoms with Crippen LogP contribution in [0.3, 0.4) is 0 Å². The van der Waals surface area contributed by atoms with Crippen molar-refractivity contribution in [1.29, 1.82) is 0 Å². The predicted octanol–water partition coefficient (Wildman–Crippen LogP) is 1.63. The number of aliphatic hydroxyl groups excluding tert-OH is 1. The van der Waals surface area contributed by atoms with E-state index in [1.54, 1.807) is 0 Å². The van der Waals surface area contributed by atoms with Crippen LogP contribution in [0.5, 0.6) is 0 Å². The van der Waals surface area contributed by atoms with Gasteiger partial charge in [0, 0.05) is 13.1 Å². The Balaban J connectivity index is 2.45. The van der Waals surface area contributed by atoms with E-state index in [-0.39, 0.29) is 6.61 Å². The molecule has 0 fully saturated rings. The molecule has 0 aliphatic rings. The van der Waals surface area contributed by atoms with E-state index in [9.17, 15) is 0 Å². The van der Waals surface area contributed by atoms with Crippen LogP contribution in [0.1, 0.15) is 0 Å². The summed E-state index contributed by atoms with van der Waals surface area (Å²) < 4.78 is 2.04. The van der Waals surface area contributed by atoms with Gasteiger partial charge in [-0.05, 0) is 12.1 Å². The third-order valence-corrected chi connectivity index (χ3v) is 2.36. The van der Waals surface area contributed by atoms with E-state index in [4.69, 9.17) is 5.11 Å². The number of fused-ring (bicyclic) bond motifs is 1. The number of hydrogen-bond donors (Lipinski definition) is 2. The Morgan fingerprint density at radius 3 is 3.00 bits per heavy atom. The number of nitrogens with one attached hydrogen (secondary N) is 1. The average Bonchev–Trinajstić information content (AvgIpc) is 2.66. The summed E-state index contributed by atoms with van der Waals surface area (Å²) in [6.07, 6.45) is 1.83. The van der Waals surface area contributed by atoms with Crippen LogP contribution in [0, 0.1) is 0 Å². The lowest BCUT2D eigenvalue weighted by Gasteiger charge is -2.07. The number of anilines is 1. The number of nitrogens with zero attached hydrogens (tertiary/aromatic N) is 2. The van der Waals surface area contributed by atoms with Crippen LogP contribution < -0.4 is 5.32 Å². The van der Waals surface area contributed by atoms with Crippen molar-refractivity contribution in [3.8, 4) is 0 Å². The number of hydrogen-bond acceptors (Lipinski definition) is 3. The zero-order valence-electron chi connectivity index (χ0n) is 9.06. The van der Waals surface area contributed by atoms with Gasteiger partial charge in [-0.3, -0.25) is 0 Å². The SMILES string of the molecule is C=CCn1c(NCCO)nc2ccccc21. The lowest BCUT2D eigenvalue weighted by Crippen LogP contribution is -2.10. The number of imidazole rings is 1. The van der Waals surface area contributed by atoms with Crippen molar-refractivity contribution in [2.24, 2.45) is 0 Å². The molecule has 0 aliphatic carbocycles. The number of aliphatic hydroxyl groups is 1. The summed E-state index contributed by atoms with van der Waals surface area (Å²) in [4.78, 5) is 4.46. The van der Waals surface area contributed by atoms with E-state index in [0.29, 0.717) is 13.1 Å². The summed E-state index contributed by atoms with van der Waals surface area (Å²) >= 11 is 0. The van der Waals surface area contributed by atoms with Crippen molar-refractivity contribution < 1.29 is 5.11 Å². The van der Waals surface area contributed by atoms with Gasteiger partial charge in [0.2, 0.25) is 5.95 Å². The highest BCUT2D eigenvalue weighted by molar-refractivity contribution is 5.78. The molecule has 4 nitrogen and oxygen atoms in total. The highest BCUT2D eigenvalue weighted by atomic mass is 16.3. The van der Waals surface area contributed by atoms with Gasteiger partial charge in [0.15, 0.2) is 0 Å². The Labute approximate surface area is 94.2 Å². The molecule has 0 radical (unpaired) electrons. The van der Waals surface area contributed by atoms with Crippen molar-refractivity contribution in [3.05, 3.63) is 36.9 Å². The predicted molar refractivity (Wildman–Crippen MR) is 65.5 cm³/mol. The molecular formula is C12H15N3O. The second-order valence-corrected chi connectivity index (χ2v) is 3.47. The van der Waals surface area contributed by atoms with Gasteiger partial charge in [-0.2, -0.15) is 0 Å². The lowest BCUT2D eigenvalue weighted by molar-refractivity contribution is 0.310. The maximum Gasteiger partial charge on any atom is 0.204 e. The molecule has 0 atom stereocenters. The number of rotatable bonds is 5. The lowest BCUT2D eigenvalue weighted by atomic mass is 10.3. The number of allylic oxidation sites excluding steroid dienone is 1. The normalized spacial score (nSPS) is 10.6. The molecule has 1 heterocycles. The van der Waals surface area contributed by atoms with Gasteiger partial charge >= 0.3 is 0 Å². The van der Waals surface area contributed by atoms with Crippen molar-refractivity contribution >= 4 is 17.0 Å². The van der Waals surface area contributed by atoms with Crippen molar-refractivity contribution in [1.82, 2.24) is 9.55 Å². The largest absolute Gasteiger partial charge is 0.395 e. The molecule has 4 heteroatoms. The Morgan fingerprint density at radius 1 is 1.44 bits per heavy atom. The molecule has 0 saturated heterocycles. The van der Waals surface area contributed by atoms with Gasteiger partial charge in [-0.25, -0.2) is 4.98 Å². The fourth-order valence-corrected chi connectivity index (χ4v) is 1.69. The summed E-state index contributed by atoms with van der Waals surface area (Å²) in [5.41, 5.74) is 2.02. The maximum absolute atomic E-state index is 8.80.